The van der Waals surface area contributed by atoms with Gasteiger partial charge in [-0.3, -0.25) is 0 Å². The van der Waals surface area contributed by atoms with Crippen LogP contribution in [0.5, 0.6) is 0 Å². The largest absolute Gasteiger partial charge is 0.388 e. The van der Waals surface area contributed by atoms with Crippen LogP contribution in [0.2, 0.25) is 0 Å². The molecule has 1 aromatic rings. The van der Waals surface area contributed by atoms with Crippen LogP contribution >= 0.6 is 23.1 Å². The molecular weight excluding hydrogens is 204 g/mol. The Bertz CT molecular complexity index is 273. The zero-order valence-electron chi connectivity index (χ0n) is 7.78. The second-order valence-corrected chi connectivity index (χ2v) is 5.33. The third-order valence-electron chi connectivity index (χ3n) is 1.54. The average Bonchev–Trinajstić information content (AvgIpc) is 2.48. The maximum absolute atomic E-state index is 9.62. The van der Waals surface area contributed by atoms with Crippen LogP contribution in [0.3, 0.4) is 0 Å². The molecule has 0 aliphatic rings. The summed E-state index contributed by atoms with van der Waals surface area (Å²) >= 11 is 3.15. The lowest BCUT2D eigenvalue weighted by atomic mass is 10.1. The van der Waals surface area contributed by atoms with Crippen molar-refractivity contribution in [3.8, 4) is 0 Å². The van der Waals surface area contributed by atoms with Crippen LogP contribution in [-0.4, -0.2) is 28.0 Å². The number of rotatable bonds is 4. The van der Waals surface area contributed by atoms with Crippen molar-refractivity contribution in [1.29, 1.82) is 0 Å². The number of aromatic nitrogens is 1. The number of hydrogen-bond donors (Lipinski definition) is 2. The third-order valence-corrected chi connectivity index (χ3v) is 4.04. The second-order valence-electron chi connectivity index (χ2n) is 3.24. The predicted molar refractivity (Wildman–Crippen MR) is 57.3 cm³/mol. The van der Waals surface area contributed by atoms with Gasteiger partial charge in [0.05, 0.1) is 5.60 Å². The zero-order chi connectivity index (χ0) is 9.90. The first-order valence-corrected chi connectivity index (χ1v) is 5.87. The van der Waals surface area contributed by atoms with E-state index in [1.165, 1.54) is 0 Å². The van der Waals surface area contributed by atoms with Gasteiger partial charge in [-0.25, -0.2) is 4.98 Å². The molecule has 1 atom stereocenters. The van der Waals surface area contributed by atoms with E-state index in [2.05, 4.69) is 4.98 Å². The maximum Gasteiger partial charge on any atom is 0.150 e. The topological polar surface area (TPSA) is 59.1 Å². The summed E-state index contributed by atoms with van der Waals surface area (Å²) in [6.45, 7) is 3.98. The Morgan fingerprint density at radius 2 is 2.46 bits per heavy atom. The summed E-state index contributed by atoms with van der Waals surface area (Å²) in [4.78, 5) is 4.28. The first-order chi connectivity index (χ1) is 6.03. The fourth-order valence-corrected chi connectivity index (χ4v) is 2.55. The molecule has 74 valence electrons. The number of hydrogen-bond acceptors (Lipinski definition) is 5. The van der Waals surface area contributed by atoms with Crippen LogP contribution in [0.4, 0.5) is 0 Å². The molecule has 3 N–H and O–H groups in total. The van der Waals surface area contributed by atoms with E-state index < -0.39 is 5.60 Å². The average molecular weight is 218 g/mol. The van der Waals surface area contributed by atoms with Crippen molar-refractivity contribution in [3.05, 3.63) is 11.1 Å². The molecular formula is C8H14N2OS2. The van der Waals surface area contributed by atoms with Gasteiger partial charge in [0.2, 0.25) is 0 Å². The highest BCUT2D eigenvalue weighted by molar-refractivity contribution is 8.01. The van der Waals surface area contributed by atoms with Gasteiger partial charge in [0, 0.05) is 23.4 Å². The molecule has 5 heteroatoms. The predicted octanol–water partition coefficient (Wildman–Crippen LogP) is 1.25. The van der Waals surface area contributed by atoms with Crippen LogP contribution in [0.15, 0.2) is 9.72 Å². The summed E-state index contributed by atoms with van der Waals surface area (Å²) < 4.78 is 0.992. The molecule has 0 aliphatic heterocycles. The molecule has 0 amide bonds. The number of aliphatic hydroxyl groups is 1. The number of thioether (sulfide) groups is 1. The van der Waals surface area contributed by atoms with Crippen LogP contribution in [0, 0.1) is 6.92 Å². The van der Waals surface area contributed by atoms with Gasteiger partial charge in [0.15, 0.2) is 0 Å². The zero-order valence-corrected chi connectivity index (χ0v) is 9.41. The lowest BCUT2D eigenvalue weighted by molar-refractivity contribution is 0.0949. The molecule has 0 spiro atoms. The molecule has 1 heterocycles. The van der Waals surface area contributed by atoms with Crippen LogP contribution in [0.1, 0.15) is 12.6 Å². The quantitative estimate of drug-likeness (QED) is 0.747. The molecule has 0 saturated carbocycles. The highest BCUT2D eigenvalue weighted by Gasteiger charge is 2.18. The smallest absolute Gasteiger partial charge is 0.150 e. The lowest BCUT2D eigenvalue weighted by Gasteiger charge is -2.19. The Balaban J connectivity index is 2.43. The van der Waals surface area contributed by atoms with E-state index >= 15 is 0 Å². The summed E-state index contributed by atoms with van der Waals surface area (Å²) in [6, 6.07) is 0. The Hall–Kier alpha value is -0.100. The number of nitrogens with zero attached hydrogens (tertiary/aromatic N) is 1. The normalized spacial score (nSPS) is 15.7. The first kappa shape index (κ1) is 11.0. The Morgan fingerprint density at radius 3 is 2.92 bits per heavy atom. The van der Waals surface area contributed by atoms with E-state index in [-0.39, 0.29) is 6.54 Å². The number of nitrogens with two attached hydrogens (primary N) is 1. The Morgan fingerprint density at radius 1 is 1.77 bits per heavy atom. The molecule has 1 rings (SSSR count). The van der Waals surface area contributed by atoms with E-state index in [0.29, 0.717) is 5.75 Å². The minimum absolute atomic E-state index is 0.282. The number of thiazole rings is 1. The highest BCUT2D eigenvalue weighted by Crippen LogP contribution is 2.25. The number of aryl methyl sites for hydroxylation is 1. The summed E-state index contributed by atoms with van der Waals surface area (Å²) in [5.74, 6) is 0.594. The fourth-order valence-electron chi connectivity index (χ4n) is 0.675. The van der Waals surface area contributed by atoms with Crippen LogP contribution in [0.25, 0.3) is 0 Å². The molecule has 1 aromatic heterocycles. The minimum Gasteiger partial charge on any atom is -0.388 e. The summed E-state index contributed by atoms with van der Waals surface area (Å²) in [6.07, 6.45) is 0. The van der Waals surface area contributed by atoms with Gasteiger partial charge in [0.1, 0.15) is 4.34 Å². The SMILES string of the molecule is Cc1csc(SCC(C)(O)CN)n1. The lowest BCUT2D eigenvalue weighted by Crippen LogP contribution is -2.36. The van der Waals surface area contributed by atoms with Gasteiger partial charge < -0.3 is 10.8 Å². The second kappa shape index (κ2) is 4.41. The molecule has 0 saturated heterocycles. The van der Waals surface area contributed by atoms with Gasteiger partial charge in [-0.1, -0.05) is 11.8 Å². The van der Waals surface area contributed by atoms with E-state index in [9.17, 15) is 5.11 Å². The van der Waals surface area contributed by atoms with Crippen LogP contribution < -0.4 is 5.73 Å². The Kier molecular flexibility index (Phi) is 3.73. The van der Waals surface area contributed by atoms with Gasteiger partial charge in [0.25, 0.3) is 0 Å². The van der Waals surface area contributed by atoms with Crippen molar-refractivity contribution in [2.75, 3.05) is 12.3 Å². The highest BCUT2D eigenvalue weighted by atomic mass is 32.2. The molecule has 3 nitrogen and oxygen atoms in total. The summed E-state index contributed by atoms with van der Waals surface area (Å²) in [5, 5.41) is 11.6. The van der Waals surface area contributed by atoms with Gasteiger partial charge in [-0.05, 0) is 13.8 Å². The van der Waals surface area contributed by atoms with Crippen molar-refractivity contribution in [1.82, 2.24) is 4.98 Å². The molecule has 0 bridgehead atoms. The third kappa shape index (κ3) is 3.64. The molecule has 13 heavy (non-hydrogen) atoms. The van der Waals surface area contributed by atoms with Crippen molar-refractivity contribution in [2.45, 2.75) is 23.8 Å². The van der Waals surface area contributed by atoms with Crippen molar-refractivity contribution >= 4 is 23.1 Å². The van der Waals surface area contributed by atoms with E-state index in [1.807, 2.05) is 12.3 Å². The fraction of sp³-hybridized carbons (Fsp3) is 0.625. The maximum atomic E-state index is 9.62. The van der Waals surface area contributed by atoms with E-state index in [4.69, 9.17) is 5.73 Å². The van der Waals surface area contributed by atoms with Gasteiger partial charge >= 0.3 is 0 Å². The van der Waals surface area contributed by atoms with Crippen molar-refractivity contribution in [2.24, 2.45) is 5.73 Å². The minimum atomic E-state index is -0.787. The monoisotopic (exact) mass is 218 g/mol. The van der Waals surface area contributed by atoms with E-state index in [0.717, 1.165) is 10.0 Å². The Labute approximate surface area is 86.4 Å². The molecule has 0 aromatic carbocycles. The van der Waals surface area contributed by atoms with Crippen LogP contribution in [-0.2, 0) is 0 Å². The molecule has 0 radical (unpaired) electrons. The molecule has 0 aliphatic carbocycles. The van der Waals surface area contributed by atoms with E-state index in [1.54, 1.807) is 30.0 Å². The van der Waals surface area contributed by atoms with Gasteiger partial charge in [-0.2, -0.15) is 0 Å². The molecule has 0 fully saturated rings. The van der Waals surface area contributed by atoms with Crippen molar-refractivity contribution < 1.29 is 5.11 Å². The summed E-state index contributed by atoms with van der Waals surface area (Å²) in [7, 11) is 0. The first-order valence-electron chi connectivity index (χ1n) is 4.01. The standard InChI is InChI=1S/C8H14N2OS2/c1-6-3-12-7(10-6)13-5-8(2,11)4-9/h3,11H,4-5,9H2,1-2H3. The van der Waals surface area contributed by atoms with Crippen molar-refractivity contribution in [3.63, 3.8) is 0 Å². The summed E-state index contributed by atoms with van der Waals surface area (Å²) in [5.41, 5.74) is 5.64. The molecule has 1 unspecified atom stereocenters. The van der Waals surface area contributed by atoms with Gasteiger partial charge in [-0.15, -0.1) is 11.3 Å².